The van der Waals surface area contributed by atoms with Crippen LogP contribution in [0.2, 0.25) is 0 Å². The molecule has 0 saturated carbocycles. The van der Waals surface area contributed by atoms with E-state index in [1.807, 2.05) is 30.3 Å². The van der Waals surface area contributed by atoms with Gasteiger partial charge in [0.1, 0.15) is 0 Å². The van der Waals surface area contributed by atoms with Crippen LogP contribution in [0.5, 0.6) is 0 Å². The Bertz CT molecular complexity index is 447. The zero-order valence-electron chi connectivity index (χ0n) is 13.0. The van der Waals surface area contributed by atoms with Gasteiger partial charge in [-0.3, -0.25) is 4.79 Å². The molecule has 1 aromatic carbocycles. The van der Waals surface area contributed by atoms with Gasteiger partial charge in [0.15, 0.2) is 0 Å². The Morgan fingerprint density at radius 3 is 2.76 bits per heavy atom. The van der Waals surface area contributed by atoms with Gasteiger partial charge in [-0.15, -0.1) is 0 Å². The number of nitrogens with zero attached hydrogens (tertiary/aromatic N) is 1. The molecule has 2 N–H and O–H groups in total. The highest BCUT2D eigenvalue weighted by Gasteiger charge is 2.28. The number of carbonyl (C=O) groups is 1. The second kappa shape index (κ2) is 7.57. The van der Waals surface area contributed by atoms with E-state index in [0.29, 0.717) is 12.5 Å². The number of piperidine rings is 1. The van der Waals surface area contributed by atoms with Crippen LogP contribution in [0.4, 0.5) is 0 Å². The lowest BCUT2D eigenvalue weighted by Crippen LogP contribution is -2.44. The molecule has 1 aliphatic rings. The third kappa shape index (κ3) is 4.29. The zero-order chi connectivity index (χ0) is 15.2. The predicted octanol–water partition coefficient (Wildman–Crippen LogP) is 2.00. The molecule has 1 aromatic rings. The van der Waals surface area contributed by atoms with Gasteiger partial charge in [0, 0.05) is 19.1 Å². The fraction of sp³-hybridized carbons (Fsp3) is 0.588. The van der Waals surface area contributed by atoms with Gasteiger partial charge in [-0.1, -0.05) is 30.3 Å². The normalized spacial score (nSPS) is 22.5. The summed E-state index contributed by atoms with van der Waals surface area (Å²) in [7, 11) is 1.46. The highest BCUT2D eigenvalue weighted by atomic mass is 16.5. The number of esters is 1. The van der Waals surface area contributed by atoms with Crippen molar-refractivity contribution in [1.82, 2.24) is 4.90 Å². The Morgan fingerprint density at radius 2 is 2.14 bits per heavy atom. The fourth-order valence-electron chi connectivity index (χ4n) is 3.09. The molecule has 1 heterocycles. The summed E-state index contributed by atoms with van der Waals surface area (Å²) < 4.78 is 4.99. The minimum atomic E-state index is -0.219. The van der Waals surface area contributed by atoms with E-state index in [2.05, 4.69) is 11.8 Å². The van der Waals surface area contributed by atoms with Crippen molar-refractivity contribution in [2.75, 3.05) is 26.7 Å². The molecule has 116 valence electrons. The van der Waals surface area contributed by atoms with Crippen molar-refractivity contribution in [3.63, 3.8) is 0 Å². The maximum atomic E-state index is 12.1. The Hall–Kier alpha value is -1.39. The second-order valence-corrected chi connectivity index (χ2v) is 6.01. The molecule has 3 atom stereocenters. The van der Waals surface area contributed by atoms with Crippen LogP contribution in [0.25, 0.3) is 0 Å². The van der Waals surface area contributed by atoms with Crippen LogP contribution in [0.15, 0.2) is 30.3 Å². The van der Waals surface area contributed by atoms with Gasteiger partial charge in [0.25, 0.3) is 0 Å². The maximum Gasteiger partial charge on any atom is 0.314 e. The first kappa shape index (κ1) is 16.0. The summed E-state index contributed by atoms with van der Waals surface area (Å²) >= 11 is 0. The molecule has 4 nitrogen and oxygen atoms in total. The molecule has 0 amide bonds. The van der Waals surface area contributed by atoms with Gasteiger partial charge in [0.2, 0.25) is 0 Å². The third-order valence-electron chi connectivity index (χ3n) is 4.41. The van der Waals surface area contributed by atoms with Crippen LogP contribution in [0.1, 0.15) is 31.2 Å². The number of benzene rings is 1. The molecule has 0 bridgehead atoms. The topological polar surface area (TPSA) is 55.6 Å². The SMILES string of the molecule is COC(=O)C(CN1CCCC(C(C)N)C1)c1ccccc1. The first-order valence-corrected chi connectivity index (χ1v) is 7.72. The summed E-state index contributed by atoms with van der Waals surface area (Å²) in [4.78, 5) is 14.5. The molecule has 2 rings (SSSR count). The first-order valence-electron chi connectivity index (χ1n) is 7.72. The Morgan fingerprint density at radius 1 is 1.43 bits per heavy atom. The van der Waals surface area contributed by atoms with Crippen LogP contribution in [-0.2, 0) is 9.53 Å². The van der Waals surface area contributed by atoms with E-state index in [0.717, 1.165) is 25.1 Å². The molecule has 21 heavy (non-hydrogen) atoms. The number of likely N-dealkylation sites (tertiary alicyclic amines) is 1. The molecule has 0 aliphatic carbocycles. The molecule has 1 fully saturated rings. The van der Waals surface area contributed by atoms with Crippen molar-refractivity contribution in [1.29, 1.82) is 0 Å². The van der Waals surface area contributed by atoms with E-state index in [1.165, 1.54) is 13.5 Å². The lowest BCUT2D eigenvalue weighted by Gasteiger charge is -2.36. The van der Waals surface area contributed by atoms with Gasteiger partial charge in [0.05, 0.1) is 13.0 Å². The standard InChI is InChI=1S/C17H26N2O2/c1-13(18)15-9-6-10-19(11-15)12-16(17(20)21-2)14-7-4-3-5-8-14/h3-5,7-8,13,15-16H,6,9-12,18H2,1-2H3. The van der Waals surface area contributed by atoms with Crippen molar-refractivity contribution in [3.05, 3.63) is 35.9 Å². The molecular formula is C17H26N2O2. The van der Waals surface area contributed by atoms with Gasteiger partial charge < -0.3 is 15.4 Å². The first-order chi connectivity index (χ1) is 10.1. The zero-order valence-corrected chi connectivity index (χ0v) is 13.0. The molecule has 0 aromatic heterocycles. The Kier molecular flexibility index (Phi) is 5.76. The lowest BCUT2D eigenvalue weighted by atomic mass is 9.90. The van der Waals surface area contributed by atoms with Crippen LogP contribution in [-0.4, -0.2) is 43.7 Å². The number of nitrogens with two attached hydrogens (primary N) is 1. The lowest BCUT2D eigenvalue weighted by molar-refractivity contribution is -0.143. The van der Waals surface area contributed by atoms with Crippen molar-refractivity contribution >= 4 is 5.97 Å². The molecule has 3 unspecified atom stereocenters. The van der Waals surface area contributed by atoms with Gasteiger partial charge in [-0.05, 0) is 37.8 Å². The fourth-order valence-corrected chi connectivity index (χ4v) is 3.09. The quantitative estimate of drug-likeness (QED) is 0.843. The highest BCUT2D eigenvalue weighted by molar-refractivity contribution is 5.78. The summed E-state index contributed by atoms with van der Waals surface area (Å²) in [5.41, 5.74) is 7.06. The molecular weight excluding hydrogens is 264 g/mol. The number of ether oxygens (including phenoxy) is 1. The molecule has 4 heteroatoms. The minimum absolute atomic E-state index is 0.163. The van der Waals surface area contributed by atoms with E-state index >= 15 is 0 Å². The van der Waals surface area contributed by atoms with Crippen molar-refractivity contribution < 1.29 is 9.53 Å². The summed E-state index contributed by atoms with van der Waals surface area (Å²) in [5, 5.41) is 0. The average Bonchev–Trinajstić information content (AvgIpc) is 2.53. The summed E-state index contributed by atoms with van der Waals surface area (Å²) in [5.74, 6) is 0.139. The Balaban J connectivity index is 2.07. The van der Waals surface area contributed by atoms with Gasteiger partial charge >= 0.3 is 5.97 Å². The summed E-state index contributed by atoms with van der Waals surface area (Å²) in [6.07, 6.45) is 2.33. The van der Waals surface area contributed by atoms with E-state index in [4.69, 9.17) is 10.5 Å². The Labute approximate surface area is 127 Å². The summed E-state index contributed by atoms with van der Waals surface area (Å²) in [6, 6.07) is 10.1. The van der Waals surface area contributed by atoms with Crippen LogP contribution in [0.3, 0.4) is 0 Å². The van der Waals surface area contributed by atoms with Gasteiger partial charge in [-0.25, -0.2) is 0 Å². The molecule has 0 spiro atoms. The maximum absolute atomic E-state index is 12.1. The molecule has 1 aliphatic heterocycles. The number of carbonyl (C=O) groups excluding carboxylic acids is 1. The van der Waals surface area contributed by atoms with Crippen molar-refractivity contribution in [2.45, 2.75) is 31.7 Å². The monoisotopic (exact) mass is 290 g/mol. The summed E-state index contributed by atoms with van der Waals surface area (Å²) in [6.45, 7) is 4.78. The number of hydrogen-bond donors (Lipinski definition) is 1. The largest absolute Gasteiger partial charge is 0.469 e. The van der Waals surface area contributed by atoms with E-state index in [1.54, 1.807) is 0 Å². The van der Waals surface area contributed by atoms with Crippen molar-refractivity contribution in [2.24, 2.45) is 11.7 Å². The van der Waals surface area contributed by atoms with E-state index in [9.17, 15) is 4.79 Å². The van der Waals surface area contributed by atoms with Crippen molar-refractivity contribution in [3.8, 4) is 0 Å². The third-order valence-corrected chi connectivity index (χ3v) is 4.41. The molecule has 1 saturated heterocycles. The predicted molar refractivity (Wildman–Crippen MR) is 84.0 cm³/mol. The van der Waals surface area contributed by atoms with E-state index < -0.39 is 0 Å². The number of rotatable bonds is 5. The highest BCUT2D eigenvalue weighted by Crippen LogP contribution is 2.24. The van der Waals surface area contributed by atoms with Crippen LogP contribution in [0, 0.1) is 5.92 Å². The van der Waals surface area contributed by atoms with Gasteiger partial charge in [-0.2, -0.15) is 0 Å². The minimum Gasteiger partial charge on any atom is -0.469 e. The number of methoxy groups -OCH3 is 1. The second-order valence-electron chi connectivity index (χ2n) is 6.01. The van der Waals surface area contributed by atoms with Crippen LogP contribution < -0.4 is 5.73 Å². The number of hydrogen-bond acceptors (Lipinski definition) is 4. The van der Waals surface area contributed by atoms with E-state index in [-0.39, 0.29) is 17.9 Å². The smallest absolute Gasteiger partial charge is 0.314 e. The molecule has 0 radical (unpaired) electrons. The van der Waals surface area contributed by atoms with Crippen LogP contribution >= 0.6 is 0 Å². The average molecular weight is 290 g/mol.